The monoisotopic (exact) mass is 168 g/mol. The lowest BCUT2D eigenvalue weighted by molar-refractivity contribution is 0.146. The number of likely N-dealkylation sites (N-methyl/N-ethyl adjacent to an activating group) is 1. The fraction of sp³-hybridized carbons (Fsp3) is 0.800. The molecule has 1 amide bonds. The van der Waals surface area contributed by atoms with E-state index in [0.29, 0.717) is 13.2 Å². The van der Waals surface area contributed by atoms with Crippen LogP contribution in [0.15, 0.2) is 0 Å². The number of hydrogen-bond donors (Lipinski definition) is 1. The van der Waals surface area contributed by atoms with Gasteiger partial charge in [0, 0.05) is 6.54 Å². The molecule has 0 saturated carbocycles. The molecule has 0 radical (unpaired) electrons. The normalized spacial score (nSPS) is 8.70. The largest absolute Gasteiger partial charge is 0.448 e. The molecule has 10 heavy (non-hydrogen) atoms. The van der Waals surface area contributed by atoms with Crippen LogP contribution in [0.5, 0.6) is 0 Å². The smallest absolute Gasteiger partial charge is 0.404 e. The van der Waals surface area contributed by atoms with Crippen LogP contribution in [-0.2, 0) is 4.74 Å². The number of hydrogen-bond acceptors (Lipinski definition) is 3. The first-order valence-corrected chi connectivity index (χ1v) is 2.70. The van der Waals surface area contributed by atoms with Gasteiger partial charge in [-0.3, -0.25) is 0 Å². The summed E-state index contributed by atoms with van der Waals surface area (Å²) >= 11 is 0. The second-order valence-electron chi connectivity index (χ2n) is 1.97. The molecule has 0 aromatic carbocycles. The molecular formula is C5H13ClN2O2. The third kappa shape index (κ3) is 10.5. The first-order chi connectivity index (χ1) is 4.13. The van der Waals surface area contributed by atoms with Gasteiger partial charge in [0.15, 0.2) is 0 Å². The number of carbonyl (C=O) groups is 1. The highest BCUT2D eigenvalue weighted by atomic mass is 35.5. The number of carbonyl (C=O) groups excluding carboxylic acids is 1. The van der Waals surface area contributed by atoms with Crippen LogP contribution in [0.3, 0.4) is 0 Å². The Hall–Kier alpha value is -0.480. The first kappa shape index (κ1) is 12.2. The van der Waals surface area contributed by atoms with Crippen LogP contribution in [-0.4, -0.2) is 38.2 Å². The molecule has 0 bridgehead atoms. The Balaban J connectivity index is 0. The summed E-state index contributed by atoms with van der Waals surface area (Å²) in [5.74, 6) is 0. The number of ether oxygens (including phenoxy) is 1. The van der Waals surface area contributed by atoms with E-state index in [9.17, 15) is 4.79 Å². The molecule has 0 atom stereocenters. The molecule has 0 aliphatic heterocycles. The van der Waals surface area contributed by atoms with Gasteiger partial charge in [-0.2, -0.15) is 0 Å². The van der Waals surface area contributed by atoms with Crippen LogP contribution in [0, 0.1) is 0 Å². The quantitative estimate of drug-likeness (QED) is 0.649. The zero-order valence-electron chi connectivity index (χ0n) is 6.16. The number of primary amides is 1. The molecular weight excluding hydrogens is 156 g/mol. The molecule has 62 valence electrons. The SMILES string of the molecule is CN(C)CCOC(N)=O.Cl. The minimum atomic E-state index is -0.711. The van der Waals surface area contributed by atoms with Crippen LogP contribution in [0.25, 0.3) is 0 Å². The highest BCUT2D eigenvalue weighted by Gasteiger charge is 1.92. The number of nitrogens with two attached hydrogens (primary N) is 1. The Bertz CT molecular complexity index is 97.6. The van der Waals surface area contributed by atoms with E-state index in [1.165, 1.54) is 0 Å². The Morgan fingerprint density at radius 3 is 2.40 bits per heavy atom. The van der Waals surface area contributed by atoms with Gasteiger partial charge in [0.1, 0.15) is 6.61 Å². The van der Waals surface area contributed by atoms with E-state index in [0.717, 1.165) is 0 Å². The van der Waals surface area contributed by atoms with E-state index in [1.807, 2.05) is 19.0 Å². The highest BCUT2D eigenvalue weighted by molar-refractivity contribution is 5.85. The van der Waals surface area contributed by atoms with Crippen LogP contribution in [0.1, 0.15) is 0 Å². The standard InChI is InChI=1S/C5H12N2O2.ClH/c1-7(2)3-4-9-5(6)8;/h3-4H2,1-2H3,(H2,6,8);1H. The average Bonchev–Trinajstić information content (AvgIpc) is 1.63. The Morgan fingerprint density at radius 2 is 2.10 bits per heavy atom. The van der Waals surface area contributed by atoms with Crippen molar-refractivity contribution in [2.75, 3.05) is 27.2 Å². The molecule has 0 heterocycles. The third-order valence-corrected chi connectivity index (χ3v) is 0.783. The van der Waals surface area contributed by atoms with Crippen molar-refractivity contribution in [3.05, 3.63) is 0 Å². The van der Waals surface area contributed by atoms with Gasteiger partial charge in [0.25, 0.3) is 0 Å². The Kier molecular flexibility index (Phi) is 8.11. The highest BCUT2D eigenvalue weighted by Crippen LogP contribution is 1.76. The minimum Gasteiger partial charge on any atom is -0.448 e. The molecule has 0 unspecified atom stereocenters. The van der Waals surface area contributed by atoms with E-state index in [4.69, 9.17) is 5.73 Å². The van der Waals surface area contributed by atoms with E-state index in [-0.39, 0.29) is 12.4 Å². The predicted octanol–water partition coefficient (Wildman–Crippen LogP) is 0.0651. The average molecular weight is 169 g/mol. The fourth-order valence-corrected chi connectivity index (χ4v) is 0.329. The maximum atomic E-state index is 9.96. The topological polar surface area (TPSA) is 55.6 Å². The summed E-state index contributed by atoms with van der Waals surface area (Å²) in [7, 11) is 3.79. The molecule has 4 nitrogen and oxygen atoms in total. The molecule has 0 aromatic rings. The van der Waals surface area contributed by atoms with Gasteiger partial charge in [-0.15, -0.1) is 12.4 Å². The van der Waals surface area contributed by atoms with Crippen LogP contribution in [0.2, 0.25) is 0 Å². The predicted molar refractivity (Wildman–Crippen MR) is 41.3 cm³/mol. The number of nitrogens with zero attached hydrogens (tertiary/aromatic N) is 1. The van der Waals surface area contributed by atoms with E-state index < -0.39 is 6.09 Å². The van der Waals surface area contributed by atoms with E-state index in [1.54, 1.807) is 0 Å². The molecule has 2 N–H and O–H groups in total. The lowest BCUT2D eigenvalue weighted by Crippen LogP contribution is -2.22. The van der Waals surface area contributed by atoms with Crippen molar-refractivity contribution in [2.24, 2.45) is 5.73 Å². The second-order valence-corrected chi connectivity index (χ2v) is 1.97. The van der Waals surface area contributed by atoms with Crippen molar-refractivity contribution in [3.63, 3.8) is 0 Å². The molecule has 0 saturated heterocycles. The second kappa shape index (κ2) is 6.64. The third-order valence-electron chi connectivity index (χ3n) is 0.783. The van der Waals surface area contributed by atoms with Crippen LogP contribution in [0.4, 0.5) is 4.79 Å². The maximum absolute atomic E-state index is 9.96. The van der Waals surface area contributed by atoms with E-state index >= 15 is 0 Å². The van der Waals surface area contributed by atoms with E-state index in [2.05, 4.69) is 4.74 Å². The summed E-state index contributed by atoms with van der Waals surface area (Å²) in [6.45, 7) is 1.07. The van der Waals surface area contributed by atoms with Crippen molar-refractivity contribution in [1.82, 2.24) is 4.90 Å². The molecule has 0 aromatic heterocycles. The number of rotatable bonds is 3. The summed E-state index contributed by atoms with van der Waals surface area (Å²) < 4.78 is 4.45. The van der Waals surface area contributed by atoms with Gasteiger partial charge in [-0.1, -0.05) is 0 Å². The number of halogens is 1. The molecule has 0 spiro atoms. The maximum Gasteiger partial charge on any atom is 0.404 e. The molecule has 0 aliphatic rings. The zero-order chi connectivity index (χ0) is 7.28. The molecule has 5 heteroatoms. The van der Waals surface area contributed by atoms with Crippen molar-refractivity contribution < 1.29 is 9.53 Å². The van der Waals surface area contributed by atoms with Crippen molar-refractivity contribution in [1.29, 1.82) is 0 Å². The lowest BCUT2D eigenvalue weighted by atomic mass is 10.6. The van der Waals surface area contributed by atoms with Crippen molar-refractivity contribution in [2.45, 2.75) is 0 Å². The molecule has 0 rings (SSSR count). The van der Waals surface area contributed by atoms with Crippen LogP contribution < -0.4 is 5.73 Å². The summed E-state index contributed by atoms with van der Waals surface area (Å²) in [6.07, 6.45) is -0.711. The van der Waals surface area contributed by atoms with Crippen molar-refractivity contribution in [3.8, 4) is 0 Å². The minimum absolute atomic E-state index is 0. The van der Waals surface area contributed by atoms with Crippen LogP contribution >= 0.6 is 12.4 Å². The Labute approximate surface area is 66.7 Å². The Morgan fingerprint density at radius 1 is 1.60 bits per heavy atom. The lowest BCUT2D eigenvalue weighted by Gasteiger charge is -2.07. The number of amides is 1. The summed E-state index contributed by atoms with van der Waals surface area (Å²) in [6, 6.07) is 0. The van der Waals surface area contributed by atoms with Gasteiger partial charge in [-0.25, -0.2) is 4.79 Å². The van der Waals surface area contributed by atoms with Gasteiger partial charge in [0.2, 0.25) is 0 Å². The summed E-state index contributed by atoms with van der Waals surface area (Å²) in [4.78, 5) is 11.9. The fourth-order valence-electron chi connectivity index (χ4n) is 0.329. The summed E-state index contributed by atoms with van der Waals surface area (Å²) in [5, 5.41) is 0. The summed E-state index contributed by atoms with van der Waals surface area (Å²) in [5.41, 5.74) is 4.70. The van der Waals surface area contributed by atoms with Gasteiger partial charge in [-0.05, 0) is 14.1 Å². The molecule has 0 fully saturated rings. The van der Waals surface area contributed by atoms with Gasteiger partial charge < -0.3 is 15.4 Å². The first-order valence-electron chi connectivity index (χ1n) is 2.70. The van der Waals surface area contributed by atoms with Gasteiger partial charge in [0.05, 0.1) is 0 Å². The zero-order valence-corrected chi connectivity index (χ0v) is 6.98. The molecule has 0 aliphatic carbocycles. The van der Waals surface area contributed by atoms with Crippen molar-refractivity contribution >= 4 is 18.5 Å². The van der Waals surface area contributed by atoms with Gasteiger partial charge >= 0.3 is 6.09 Å².